The van der Waals surface area contributed by atoms with Gasteiger partial charge in [0.1, 0.15) is 18.1 Å². The number of nitrogens with zero attached hydrogens (tertiary/aromatic N) is 3. The number of hydrogen-bond donors (Lipinski definition) is 0. The molecule has 0 unspecified atom stereocenters. The SMILES string of the molecule is Cc1cccc(Cn2cc(COc3ccc(C=CC(=O)c4ccccc4)cc3)nn2)c1. The van der Waals surface area contributed by atoms with Crippen LogP contribution in [0, 0.1) is 6.92 Å². The fourth-order valence-corrected chi connectivity index (χ4v) is 3.18. The van der Waals surface area contributed by atoms with Gasteiger partial charge < -0.3 is 4.74 Å². The zero-order chi connectivity index (χ0) is 21.5. The molecule has 0 saturated heterocycles. The zero-order valence-corrected chi connectivity index (χ0v) is 17.3. The third-order valence-corrected chi connectivity index (χ3v) is 4.77. The molecule has 0 aliphatic heterocycles. The summed E-state index contributed by atoms with van der Waals surface area (Å²) in [5.74, 6) is 0.717. The molecule has 5 heteroatoms. The second-order valence-electron chi connectivity index (χ2n) is 7.32. The highest BCUT2D eigenvalue weighted by molar-refractivity contribution is 6.06. The maximum Gasteiger partial charge on any atom is 0.185 e. The molecule has 1 aromatic heterocycles. The van der Waals surface area contributed by atoms with Gasteiger partial charge in [-0.3, -0.25) is 4.79 Å². The number of ketones is 1. The first kappa shape index (κ1) is 20.3. The molecule has 0 amide bonds. The van der Waals surface area contributed by atoms with Crippen molar-refractivity contribution in [3.8, 4) is 5.75 Å². The quantitative estimate of drug-likeness (QED) is 0.300. The van der Waals surface area contributed by atoms with Crippen molar-refractivity contribution in [2.24, 2.45) is 0 Å². The Morgan fingerprint density at radius 3 is 2.58 bits per heavy atom. The lowest BCUT2D eigenvalue weighted by atomic mass is 10.1. The monoisotopic (exact) mass is 409 g/mol. The van der Waals surface area contributed by atoms with E-state index in [1.54, 1.807) is 24.3 Å². The van der Waals surface area contributed by atoms with Gasteiger partial charge in [0.15, 0.2) is 5.78 Å². The largest absolute Gasteiger partial charge is 0.487 e. The van der Waals surface area contributed by atoms with Crippen LogP contribution in [-0.4, -0.2) is 20.8 Å². The van der Waals surface area contributed by atoms with E-state index in [9.17, 15) is 4.79 Å². The molecule has 0 N–H and O–H groups in total. The summed E-state index contributed by atoms with van der Waals surface area (Å²) >= 11 is 0. The molecule has 154 valence electrons. The molecule has 0 atom stereocenters. The van der Waals surface area contributed by atoms with E-state index < -0.39 is 0 Å². The maximum atomic E-state index is 12.2. The second-order valence-corrected chi connectivity index (χ2v) is 7.32. The molecule has 0 bridgehead atoms. The smallest absolute Gasteiger partial charge is 0.185 e. The first-order valence-corrected chi connectivity index (χ1v) is 10.1. The van der Waals surface area contributed by atoms with Crippen molar-refractivity contribution in [1.82, 2.24) is 15.0 Å². The second kappa shape index (κ2) is 9.67. The number of carbonyl (C=O) groups excluding carboxylic acids is 1. The van der Waals surface area contributed by atoms with Gasteiger partial charge in [-0.05, 0) is 36.3 Å². The Hall–Kier alpha value is -3.99. The topological polar surface area (TPSA) is 57.0 Å². The van der Waals surface area contributed by atoms with Crippen molar-refractivity contribution in [3.63, 3.8) is 0 Å². The summed E-state index contributed by atoms with van der Waals surface area (Å²) in [6.45, 7) is 3.10. The van der Waals surface area contributed by atoms with Crippen LogP contribution in [0.4, 0.5) is 0 Å². The molecule has 0 aliphatic rings. The van der Waals surface area contributed by atoms with Gasteiger partial charge in [-0.15, -0.1) is 5.10 Å². The molecular weight excluding hydrogens is 386 g/mol. The minimum atomic E-state index is -0.0188. The lowest BCUT2D eigenvalue weighted by Gasteiger charge is -2.04. The Balaban J connectivity index is 1.30. The number of carbonyl (C=O) groups is 1. The summed E-state index contributed by atoms with van der Waals surface area (Å²) in [5, 5.41) is 8.36. The number of aromatic nitrogens is 3. The van der Waals surface area contributed by atoms with Crippen LogP contribution in [-0.2, 0) is 13.2 Å². The Morgan fingerprint density at radius 2 is 1.81 bits per heavy atom. The van der Waals surface area contributed by atoms with Crippen LogP contribution in [0.3, 0.4) is 0 Å². The lowest BCUT2D eigenvalue weighted by molar-refractivity contribution is 0.104. The average Bonchev–Trinajstić information content (AvgIpc) is 3.24. The number of rotatable bonds is 8. The summed E-state index contributed by atoms with van der Waals surface area (Å²) in [7, 11) is 0. The Morgan fingerprint density at radius 1 is 1.00 bits per heavy atom. The number of benzene rings is 3. The first-order chi connectivity index (χ1) is 15.2. The van der Waals surface area contributed by atoms with Crippen molar-refractivity contribution < 1.29 is 9.53 Å². The number of ether oxygens (including phenoxy) is 1. The van der Waals surface area contributed by atoms with Crippen molar-refractivity contribution >= 4 is 11.9 Å². The van der Waals surface area contributed by atoms with Gasteiger partial charge in [0.25, 0.3) is 0 Å². The first-order valence-electron chi connectivity index (χ1n) is 10.1. The van der Waals surface area contributed by atoms with E-state index in [2.05, 4.69) is 35.4 Å². The number of hydrogen-bond acceptors (Lipinski definition) is 4. The minimum Gasteiger partial charge on any atom is -0.487 e. The third-order valence-electron chi connectivity index (χ3n) is 4.77. The lowest BCUT2D eigenvalue weighted by Crippen LogP contribution is -2.00. The molecule has 0 fully saturated rings. The van der Waals surface area contributed by atoms with Crippen LogP contribution in [0.25, 0.3) is 6.08 Å². The predicted octanol–water partition coefficient (Wildman–Crippen LogP) is 5.11. The molecule has 4 aromatic rings. The summed E-state index contributed by atoms with van der Waals surface area (Å²) in [5.41, 5.74) is 4.79. The van der Waals surface area contributed by atoms with Crippen molar-refractivity contribution in [2.45, 2.75) is 20.1 Å². The highest BCUT2D eigenvalue weighted by Gasteiger charge is 2.04. The zero-order valence-electron chi connectivity index (χ0n) is 17.3. The summed E-state index contributed by atoms with van der Waals surface area (Å²) < 4.78 is 7.63. The molecular formula is C26H23N3O2. The van der Waals surface area contributed by atoms with E-state index >= 15 is 0 Å². The molecule has 1 heterocycles. The van der Waals surface area contributed by atoms with Gasteiger partial charge in [0.05, 0.1) is 12.7 Å². The van der Waals surface area contributed by atoms with Crippen LogP contribution in [0.15, 0.2) is 91.1 Å². The number of aryl methyl sites for hydroxylation is 1. The van der Waals surface area contributed by atoms with Gasteiger partial charge in [0.2, 0.25) is 0 Å². The van der Waals surface area contributed by atoms with Crippen molar-refractivity contribution in [1.29, 1.82) is 0 Å². The van der Waals surface area contributed by atoms with E-state index in [0.717, 1.165) is 17.0 Å². The normalized spacial score (nSPS) is 11.0. The van der Waals surface area contributed by atoms with Crippen LogP contribution < -0.4 is 4.74 Å². The maximum absolute atomic E-state index is 12.2. The van der Waals surface area contributed by atoms with Gasteiger partial charge in [-0.1, -0.05) is 83.6 Å². The van der Waals surface area contributed by atoms with Crippen molar-refractivity contribution in [3.05, 3.63) is 119 Å². The van der Waals surface area contributed by atoms with Gasteiger partial charge >= 0.3 is 0 Å². The summed E-state index contributed by atoms with van der Waals surface area (Å²) in [4.78, 5) is 12.2. The van der Waals surface area contributed by atoms with E-state index in [1.165, 1.54) is 11.1 Å². The van der Waals surface area contributed by atoms with E-state index in [0.29, 0.717) is 18.7 Å². The van der Waals surface area contributed by atoms with Crippen LogP contribution >= 0.6 is 0 Å². The van der Waals surface area contributed by atoms with Gasteiger partial charge in [-0.2, -0.15) is 0 Å². The van der Waals surface area contributed by atoms with Gasteiger partial charge in [-0.25, -0.2) is 4.68 Å². The Labute approximate surface area is 181 Å². The number of allylic oxidation sites excluding steroid dienone is 1. The molecule has 4 rings (SSSR count). The van der Waals surface area contributed by atoms with Crippen molar-refractivity contribution in [2.75, 3.05) is 0 Å². The Kier molecular flexibility index (Phi) is 6.33. The Bertz CT molecular complexity index is 1180. The van der Waals surface area contributed by atoms with Gasteiger partial charge in [0, 0.05) is 5.56 Å². The van der Waals surface area contributed by atoms with E-state index in [-0.39, 0.29) is 5.78 Å². The van der Waals surface area contributed by atoms with E-state index in [4.69, 9.17) is 4.74 Å². The average molecular weight is 409 g/mol. The molecule has 0 saturated carbocycles. The molecule has 0 radical (unpaired) electrons. The fraction of sp³-hybridized carbons (Fsp3) is 0.115. The fourth-order valence-electron chi connectivity index (χ4n) is 3.18. The molecule has 31 heavy (non-hydrogen) atoms. The highest BCUT2D eigenvalue weighted by atomic mass is 16.5. The summed E-state index contributed by atoms with van der Waals surface area (Å²) in [6, 6.07) is 25.1. The van der Waals surface area contributed by atoms with Crippen LogP contribution in [0.1, 0.15) is 32.7 Å². The molecule has 5 nitrogen and oxygen atoms in total. The third kappa shape index (κ3) is 5.76. The predicted molar refractivity (Wildman–Crippen MR) is 121 cm³/mol. The minimum absolute atomic E-state index is 0.0188. The highest BCUT2D eigenvalue weighted by Crippen LogP contribution is 2.15. The molecule has 3 aromatic carbocycles. The molecule has 0 spiro atoms. The van der Waals surface area contributed by atoms with Crippen LogP contribution in [0.2, 0.25) is 0 Å². The standard InChI is InChI=1S/C26H23N3O2/c1-20-6-5-7-22(16-20)17-29-18-24(27-28-29)19-31-25-13-10-21(11-14-25)12-15-26(30)23-8-3-2-4-9-23/h2-16,18H,17,19H2,1H3. The van der Waals surface area contributed by atoms with E-state index in [1.807, 2.05) is 59.4 Å². The summed E-state index contributed by atoms with van der Waals surface area (Å²) in [6.07, 6.45) is 5.28. The van der Waals surface area contributed by atoms with Crippen LogP contribution in [0.5, 0.6) is 5.75 Å². The molecule has 0 aliphatic carbocycles.